The van der Waals surface area contributed by atoms with Gasteiger partial charge >= 0.3 is 5.97 Å². The first-order valence-electron chi connectivity index (χ1n) is 7.11. The predicted octanol–water partition coefficient (Wildman–Crippen LogP) is -0.0825. The highest BCUT2D eigenvalue weighted by Gasteiger charge is 2.32. The van der Waals surface area contributed by atoms with E-state index in [-0.39, 0.29) is 12.0 Å². The Kier molecular flexibility index (Phi) is 4.97. The molecule has 0 aromatic heterocycles. The zero-order valence-electron chi connectivity index (χ0n) is 11.5. The van der Waals surface area contributed by atoms with Crippen LogP contribution in [-0.4, -0.2) is 73.7 Å². The number of hydrogen-bond acceptors (Lipinski definition) is 5. The Balaban J connectivity index is 1.81. The SMILES string of the molecule is CCOC(=O)C(CC)N1CCN(C2CNC2)CC1. The van der Waals surface area contributed by atoms with Gasteiger partial charge in [-0.3, -0.25) is 14.6 Å². The van der Waals surface area contributed by atoms with Crippen LogP contribution in [0.1, 0.15) is 20.3 Å². The number of piperazine rings is 1. The molecule has 1 unspecified atom stereocenters. The third kappa shape index (κ3) is 3.02. The lowest BCUT2D eigenvalue weighted by Crippen LogP contribution is -2.62. The van der Waals surface area contributed by atoms with E-state index in [0.717, 1.165) is 51.7 Å². The van der Waals surface area contributed by atoms with Crippen molar-refractivity contribution in [1.29, 1.82) is 0 Å². The zero-order chi connectivity index (χ0) is 13.0. The minimum atomic E-state index is -0.0567. The highest BCUT2D eigenvalue weighted by Crippen LogP contribution is 2.14. The van der Waals surface area contributed by atoms with Gasteiger partial charge in [0.05, 0.1) is 6.61 Å². The number of rotatable bonds is 5. The molecule has 2 heterocycles. The summed E-state index contributed by atoms with van der Waals surface area (Å²) in [6.07, 6.45) is 0.837. The molecule has 2 rings (SSSR count). The van der Waals surface area contributed by atoms with Crippen molar-refractivity contribution < 1.29 is 9.53 Å². The molecule has 1 N–H and O–H groups in total. The van der Waals surface area contributed by atoms with Crippen LogP contribution in [0.2, 0.25) is 0 Å². The fourth-order valence-corrected chi connectivity index (χ4v) is 2.76. The van der Waals surface area contributed by atoms with Gasteiger partial charge in [-0.2, -0.15) is 0 Å². The molecule has 0 spiro atoms. The molecule has 104 valence electrons. The number of hydrogen-bond donors (Lipinski definition) is 1. The lowest BCUT2D eigenvalue weighted by Gasteiger charge is -2.44. The molecule has 0 bridgehead atoms. The second-order valence-electron chi connectivity index (χ2n) is 5.06. The van der Waals surface area contributed by atoms with Gasteiger partial charge in [-0.1, -0.05) is 6.92 Å². The van der Waals surface area contributed by atoms with Gasteiger partial charge in [-0.25, -0.2) is 0 Å². The van der Waals surface area contributed by atoms with E-state index in [1.54, 1.807) is 0 Å². The number of carbonyl (C=O) groups excluding carboxylic acids is 1. The molecule has 0 aliphatic carbocycles. The maximum absolute atomic E-state index is 11.9. The molecule has 18 heavy (non-hydrogen) atoms. The van der Waals surface area contributed by atoms with Crippen LogP contribution in [0, 0.1) is 0 Å². The first-order valence-corrected chi connectivity index (χ1v) is 7.11. The molecular weight excluding hydrogens is 230 g/mol. The number of esters is 1. The highest BCUT2D eigenvalue weighted by atomic mass is 16.5. The topological polar surface area (TPSA) is 44.8 Å². The molecule has 2 aliphatic heterocycles. The second-order valence-corrected chi connectivity index (χ2v) is 5.06. The van der Waals surface area contributed by atoms with Crippen molar-refractivity contribution in [3.8, 4) is 0 Å². The van der Waals surface area contributed by atoms with Crippen LogP contribution >= 0.6 is 0 Å². The average molecular weight is 255 g/mol. The summed E-state index contributed by atoms with van der Waals surface area (Å²) >= 11 is 0. The summed E-state index contributed by atoms with van der Waals surface area (Å²) in [6.45, 7) is 10.7. The number of nitrogens with one attached hydrogen (secondary N) is 1. The van der Waals surface area contributed by atoms with Crippen LogP contribution in [0.3, 0.4) is 0 Å². The minimum absolute atomic E-state index is 0.0494. The van der Waals surface area contributed by atoms with Crippen LogP contribution in [-0.2, 0) is 9.53 Å². The van der Waals surface area contributed by atoms with E-state index in [4.69, 9.17) is 4.74 Å². The summed E-state index contributed by atoms with van der Waals surface area (Å²) in [6, 6.07) is 0.668. The Bertz CT molecular complexity index is 273. The molecular formula is C13H25N3O2. The van der Waals surface area contributed by atoms with Gasteiger partial charge in [0.25, 0.3) is 0 Å². The van der Waals surface area contributed by atoms with Crippen molar-refractivity contribution in [3.63, 3.8) is 0 Å². The molecule has 0 radical (unpaired) electrons. The monoisotopic (exact) mass is 255 g/mol. The van der Waals surface area contributed by atoms with Gasteiger partial charge in [-0.15, -0.1) is 0 Å². The van der Waals surface area contributed by atoms with E-state index in [9.17, 15) is 4.79 Å². The van der Waals surface area contributed by atoms with Crippen molar-refractivity contribution in [3.05, 3.63) is 0 Å². The Labute approximate surface area is 109 Å². The maximum atomic E-state index is 11.9. The van der Waals surface area contributed by atoms with Gasteiger partial charge in [0.1, 0.15) is 6.04 Å². The fourth-order valence-electron chi connectivity index (χ4n) is 2.76. The maximum Gasteiger partial charge on any atom is 0.323 e. The zero-order valence-corrected chi connectivity index (χ0v) is 11.5. The fraction of sp³-hybridized carbons (Fsp3) is 0.923. The van der Waals surface area contributed by atoms with E-state index < -0.39 is 0 Å². The Morgan fingerprint density at radius 3 is 2.39 bits per heavy atom. The molecule has 2 aliphatic rings. The van der Waals surface area contributed by atoms with E-state index in [0.29, 0.717) is 6.61 Å². The smallest absolute Gasteiger partial charge is 0.323 e. The summed E-state index contributed by atoms with van der Waals surface area (Å²) in [4.78, 5) is 16.7. The number of nitrogens with zero attached hydrogens (tertiary/aromatic N) is 2. The third-order valence-electron chi connectivity index (χ3n) is 4.01. The lowest BCUT2D eigenvalue weighted by atomic mass is 10.1. The summed E-state index contributed by atoms with van der Waals surface area (Å²) in [5.41, 5.74) is 0. The molecule has 2 saturated heterocycles. The predicted molar refractivity (Wildman–Crippen MR) is 70.5 cm³/mol. The summed E-state index contributed by atoms with van der Waals surface area (Å²) in [5, 5.41) is 3.31. The number of carbonyl (C=O) groups is 1. The van der Waals surface area contributed by atoms with E-state index >= 15 is 0 Å². The van der Waals surface area contributed by atoms with E-state index in [2.05, 4.69) is 22.0 Å². The van der Waals surface area contributed by atoms with Crippen LogP contribution in [0.25, 0.3) is 0 Å². The minimum Gasteiger partial charge on any atom is -0.465 e. The number of ether oxygens (including phenoxy) is 1. The first-order chi connectivity index (χ1) is 8.76. The van der Waals surface area contributed by atoms with Crippen LogP contribution in [0.4, 0.5) is 0 Å². The van der Waals surface area contributed by atoms with Gasteiger partial charge in [0.15, 0.2) is 0 Å². The molecule has 5 nitrogen and oxygen atoms in total. The quantitative estimate of drug-likeness (QED) is 0.696. The van der Waals surface area contributed by atoms with Crippen LogP contribution < -0.4 is 5.32 Å². The average Bonchev–Trinajstić information content (AvgIpc) is 2.30. The molecule has 0 saturated carbocycles. The summed E-state index contributed by atoms with van der Waals surface area (Å²) in [7, 11) is 0. The Morgan fingerprint density at radius 2 is 1.94 bits per heavy atom. The molecule has 1 atom stereocenters. The second kappa shape index (κ2) is 6.50. The standard InChI is InChI=1S/C13H25N3O2/c1-3-12(13(17)18-4-2)16-7-5-15(6-8-16)11-9-14-10-11/h11-12,14H,3-10H2,1-2H3. The van der Waals surface area contributed by atoms with Crippen molar-refractivity contribution >= 4 is 5.97 Å². The van der Waals surface area contributed by atoms with Gasteiger partial charge < -0.3 is 10.1 Å². The van der Waals surface area contributed by atoms with Crippen molar-refractivity contribution in [2.75, 3.05) is 45.9 Å². The first kappa shape index (κ1) is 13.8. The molecule has 0 amide bonds. The van der Waals surface area contributed by atoms with Gasteiger partial charge in [-0.05, 0) is 13.3 Å². The Hall–Kier alpha value is -0.650. The third-order valence-corrected chi connectivity index (χ3v) is 4.01. The molecule has 0 aromatic rings. The normalized spacial score (nSPS) is 24.6. The van der Waals surface area contributed by atoms with Crippen LogP contribution in [0.15, 0.2) is 0 Å². The van der Waals surface area contributed by atoms with Gasteiger partial charge in [0, 0.05) is 45.3 Å². The van der Waals surface area contributed by atoms with E-state index in [1.165, 1.54) is 0 Å². The lowest BCUT2D eigenvalue weighted by molar-refractivity contribution is -0.150. The molecule has 0 aromatic carbocycles. The highest BCUT2D eigenvalue weighted by molar-refractivity contribution is 5.75. The van der Waals surface area contributed by atoms with Crippen LogP contribution in [0.5, 0.6) is 0 Å². The van der Waals surface area contributed by atoms with Crippen molar-refractivity contribution in [2.24, 2.45) is 0 Å². The van der Waals surface area contributed by atoms with Crippen molar-refractivity contribution in [1.82, 2.24) is 15.1 Å². The molecule has 5 heteroatoms. The summed E-state index contributed by atoms with van der Waals surface area (Å²) in [5.74, 6) is -0.0567. The van der Waals surface area contributed by atoms with E-state index in [1.807, 2.05) is 6.92 Å². The van der Waals surface area contributed by atoms with Crippen molar-refractivity contribution in [2.45, 2.75) is 32.4 Å². The van der Waals surface area contributed by atoms with Gasteiger partial charge in [0.2, 0.25) is 0 Å². The largest absolute Gasteiger partial charge is 0.465 e. The summed E-state index contributed by atoms with van der Waals surface area (Å²) < 4.78 is 5.15. The Morgan fingerprint density at radius 1 is 1.28 bits per heavy atom. The molecule has 2 fully saturated rings.